The Morgan fingerprint density at radius 2 is 1.85 bits per heavy atom. The van der Waals surface area contributed by atoms with Gasteiger partial charge in [-0.2, -0.15) is 0 Å². The highest BCUT2D eigenvalue weighted by Crippen LogP contribution is 2.34. The van der Waals surface area contributed by atoms with Crippen LogP contribution in [-0.2, 0) is 0 Å². The van der Waals surface area contributed by atoms with Gasteiger partial charge >= 0.3 is 0 Å². The predicted octanol–water partition coefficient (Wildman–Crippen LogP) is 4.20. The van der Waals surface area contributed by atoms with Crippen LogP contribution in [0.5, 0.6) is 0 Å². The predicted molar refractivity (Wildman–Crippen MR) is 83.6 cm³/mol. The molecule has 0 spiro atoms. The van der Waals surface area contributed by atoms with Crippen molar-refractivity contribution in [3.8, 4) is 0 Å². The van der Waals surface area contributed by atoms with E-state index >= 15 is 0 Å². The van der Waals surface area contributed by atoms with Gasteiger partial charge in [-0.05, 0) is 44.7 Å². The standard InChI is InChI=1S/C17H25N3/c1-12(2)20-15-11-7-6-10-14(15)19-17(20)16(18)13-8-4-3-5-9-13/h6-7,10-13,16H,3-5,8-9,18H2,1-2H3. The molecule has 1 aliphatic carbocycles. The Bertz CT molecular complexity index is 579. The molecule has 0 aliphatic heterocycles. The summed E-state index contributed by atoms with van der Waals surface area (Å²) in [5.41, 5.74) is 8.87. The summed E-state index contributed by atoms with van der Waals surface area (Å²) in [5, 5.41) is 0. The summed E-state index contributed by atoms with van der Waals surface area (Å²) < 4.78 is 2.33. The van der Waals surface area contributed by atoms with Crippen molar-refractivity contribution in [1.82, 2.24) is 9.55 Å². The average molecular weight is 271 g/mol. The van der Waals surface area contributed by atoms with E-state index in [-0.39, 0.29) is 6.04 Å². The highest BCUT2D eigenvalue weighted by Gasteiger charge is 2.27. The lowest BCUT2D eigenvalue weighted by Gasteiger charge is -2.28. The second-order valence-corrected chi connectivity index (χ2v) is 6.35. The van der Waals surface area contributed by atoms with Gasteiger partial charge in [-0.15, -0.1) is 0 Å². The number of nitrogens with two attached hydrogens (primary N) is 1. The van der Waals surface area contributed by atoms with Crippen LogP contribution < -0.4 is 5.73 Å². The van der Waals surface area contributed by atoms with Crippen LogP contribution in [0.1, 0.15) is 63.9 Å². The van der Waals surface area contributed by atoms with Crippen LogP contribution in [0.2, 0.25) is 0 Å². The summed E-state index contributed by atoms with van der Waals surface area (Å²) in [4.78, 5) is 4.85. The lowest BCUT2D eigenvalue weighted by atomic mass is 9.84. The number of rotatable bonds is 3. The van der Waals surface area contributed by atoms with Crippen molar-refractivity contribution < 1.29 is 0 Å². The monoisotopic (exact) mass is 271 g/mol. The fourth-order valence-corrected chi connectivity index (χ4v) is 3.55. The lowest BCUT2D eigenvalue weighted by molar-refractivity contribution is 0.294. The van der Waals surface area contributed by atoms with Gasteiger partial charge in [0.25, 0.3) is 0 Å². The molecule has 1 fully saturated rings. The smallest absolute Gasteiger partial charge is 0.127 e. The van der Waals surface area contributed by atoms with E-state index in [0.29, 0.717) is 12.0 Å². The molecule has 0 radical (unpaired) electrons. The third-order valence-electron chi connectivity index (χ3n) is 4.60. The Labute approximate surface area is 121 Å². The summed E-state index contributed by atoms with van der Waals surface area (Å²) in [5.74, 6) is 1.67. The molecular formula is C17H25N3. The third kappa shape index (κ3) is 2.35. The number of hydrogen-bond donors (Lipinski definition) is 1. The van der Waals surface area contributed by atoms with Crippen LogP contribution in [0.25, 0.3) is 11.0 Å². The van der Waals surface area contributed by atoms with E-state index in [1.54, 1.807) is 0 Å². The molecule has 1 aliphatic rings. The van der Waals surface area contributed by atoms with E-state index in [1.807, 2.05) is 0 Å². The molecule has 0 bridgehead atoms. The summed E-state index contributed by atoms with van der Waals surface area (Å²) >= 11 is 0. The number of fused-ring (bicyclic) bond motifs is 1. The normalized spacial score (nSPS) is 18.8. The molecule has 3 nitrogen and oxygen atoms in total. The van der Waals surface area contributed by atoms with Crippen LogP contribution >= 0.6 is 0 Å². The Kier molecular flexibility index (Phi) is 3.79. The van der Waals surface area contributed by atoms with Gasteiger partial charge in [0.05, 0.1) is 17.1 Å². The van der Waals surface area contributed by atoms with Crippen molar-refractivity contribution in [2.45, 2.75) is 58.0 Å². The van der Waals surface area contributed by atoms with Gasteiger partial charge in [-0.25, -0.2) is 4.98 Å². The third-order valence-corrected chi connectivity index (χ3v) is 4.60. The summed E-state index contributed by atoms with van der Waals surface area (Å²) in [7, 11) is 0. The largest absolute Gasteiger partial charge is 0.324 e. The van der Waals surface area contributed by atoms with Gasteiger partial charge in [-0.1, -0.05) is 31.4 Å². The fourth-order valence-electron chi connectivity index (χ4n) is 3.55. The zero-order chi connectivity index (χ0) is 14.1. The number of hydrogen-bond acceptors (Lipinski definition) is 2. The molecular weight excluding hydrogens is 246 g/mol. The number of imidazole rings is 1. The number of aromatic nitrogens is 2. The van der Waals surface area contributed by atoms with Crippen molar-refractivity contribution in [3.05, 3.63) is 30.1 Å². The molecule has 1 unspecified atom stereocenters. The molecule has 3 rings (SSSR count). The van der Waals surface area contributed by atoms with Crippen molar-refractivity contribution in [2.75, 3.05) is 0 Å². The molecule has 2 aromatic rings. The Morgan fingerprint density at radius 3 is 2.55 bits per heavy atom. The van der Waals surface area contributed by atoms with Gasteiger partial charge < -0.3 is 10.3 Å². The van der Waals surface area contributed by atoms with E-state index in [4.69, 9.17) is 10.7 Å². The SMILES string of the molecule is CC(C)n1c(C(N)C2CCCCC2)nc2ccccc21. The molecule has 108 valence electrons. The first kappa shape index (κ1) is 13.6. The minimum absolute atomic E-state index is 0.0742. The zero-order valence-corrected chi connectivity index (χ0v) is 12.5. The van der Waals surface area contributed by atoms with Crippen LogP contribution in [0, 0.1) is 5.92 Å². The molecule has 1 heterocycles. The van der Waals surface area contributed by atoms with Gasteiger partial charge in [0.1, 0.15) is 5.82 Å². The van der Waals surface area contributed by atoms with Crippen LogP contribution in [0.4, 0.5) is 0 Å². The Morgan fingerprint density at radius 1 is 1.15 bits per heavy atom. The molecule has 0 amide bonds. The lowest BCUT2D eigenvalue weighted by Crippen LogP contribution is -2.27. The molecule has 20 heavy (non-hydrogen) atoms. The Hall–Kier alpha value is -1.35. The average Bonchev–Trinajstić information content (AvgIpc) is 2.86. The molecule has 2 N–H and O–H groups in total. The quantitative estimate of drug-likeness (QED) is 0.909. The van der Waals surface area contributed by atoms with Crippen molar-refractivity contribution in [2.24, 2.45) is 11.7 Å². The maximum absolute atomic E-state index is 6.59. The molecule has 3 heteroatoms. The van der Waals surface area contributed by atoms with Gasteiger partial charge in [0.15, 0.2) is 0 Å². The summed E-state index contributed by atoms with van der Waals surface area (Å²) in [6, 6.07) is 8.84. The van der Waals surface area contributed by atoms with E-state index < -0.39 is 0 Å². The van der Waals surface area contributed by atoms with E-state index in [9.17, 15) is 0 Å². The van der Waals surface area contributed by atoms with Crippen molar-refractivity contribution in [1.29, 1.82) is 0 Å². The first-order valence-corrected chi connectivity index (χ1v) is 7.91. The molecule has 0 saturated heterocycles. The maximum Gasteiger partial charge on any atom is 0.127 e. The fraction of sp³-hybridized carbons (Fsp3) is 0.588. The summed E-state index contributed by atoms with van der Waals surface area (Å²) in [6.45, 7) is 4.43. The van der Waals surface area contributed by atoms with Crippen molar-refractivity contribution in [3.63, 3.8) is 0 Å². The molecule has 1 aromatic carbocycles. The van der Waals surface area contributed by atoms with E-state index in [2.05, 4.69) is 42.7 Å². The zero-order valence-electron chi connectivity index (χ0n) is 12.5. The Balaban J connectivity index is 2.03. The van der Waals surface area contributed by atoms with Gasteiger partial charge in [0, 0.05) is 6.04 Å². The van der Waals surface area contributed by atoms with Crippen LogP contribution in [0.3, 0.4) is 0 Å². The van der Waals surface area contributed by atoms with Gasteiger partial charge in [0.2, 0.25) is 0 Å². The highest BCUT2D eigenvalue weighted by molar-refractivity contribution is 5.76. The molecule has 1 aromatic heterocycles. The van der Waals surface area contributed by atoms with Gasteiger partial charge in [-0.3, -0.25) is 0 Å². The topological polar surface area (TPSA) is 43.8 Å². The van der Waals surface area contributed by atoms with Crippen LogP contribution in [-0.4, -0.2) is 9.55 Å². The first-order valence-electron chi connectivity index (χ1n) is 7.91. The maximum atomic E-state index is 6.59. The van der Waals surface area contributed by atoms with Crippen LogP contribution in [0.15, 0.2) is 24.3 Å². The molecule has 1 saturated carbocycles. The second kappa shape index (κ2) is 5.57. The number of nitrogens with zero attached hydrogens (tertiary/aromatic N) is 2. The van der Waals surface area contributed by atoms with E-state index in [1.165, 1.54) is 37.6 Å². The molecule has 1 atom stereocenters. The first-order chi connectivity index (χ1) is 9.68. The van der Waals surface area contributed by atoms with E-state index in [0.717, 1.165) is 11.3 Å². The summed E-state index contributed by atoms with van der Waals surface area (Å²) in [6.07, 6.45) is 6.51. The number of benzene rings is 1. The second-order valence-electron chi connectivity index (χ2n) is 6.35. The minimum atomic E-state index is 0.0742. The highest BCUT2D eigenvalue weighted by atomic mass is 15.1. The minimum Gasteiger partial charge on any atom is -0.324 e. The van der Waals surface area contributed by atoms with Crippen molar-refractivity contribution >= 4 is 11.0 Å². The number of para-hydroxylation sites is 2.